The Kier molecular flexibility index (Phi) is 4.20. The van der Waals surface area contributed by atoms with Gasteiger partial charge in [0.1, 0.15) is 5.75 Å². The van der Waals surface area contributed by atoms with Crippen molar-refractivity contribution < 1.29 is 9.90 Å². The molecule has 4 heteroatoms. The summed E-state index contributed by atoms with van der Waals surface area (Å²) in [4.78, 5) is 11.8. The molecule has 1 amide bonds. The van der Waals surface area contributed by atoms with Crippen LogP contribution in [0.25, 0.3) is 0 Å². The minimum absolute atomic E-state index is 0.0754. The van der Waals surface area contributed by atoms with Gasteiger partial charge in [-0.2, -0.15) is 0 Å². The van der Waals surface area contributed by atoms with Gasteiger partial charge in [0, 0.05) is 18.2 Å². The zero-order chi connectivity index (χ0) is 13.0. The van der Waals surface area contributed by atoms with Crippen molar-refractivity contribution in [3.8, 4) is 5.75 Å². The summed E-state index contributed by atoms with van der Waals surface area (Å²) in [5.74, 6) is 0.618. The number of hydrogen-bond donors (Lipinski definition) is 3. The van der Waals surface area contributed by atoms with Gasteiger partial charge in [-0.1, -0.05) is 0 Å². The van der Waals surface area contributed by atoms with Gasteiger partial charge in [0.25, 0.3) is 5.91 Å². The highest BCUT2D eigenvalue weighted by molar-refractivity contribution is 5.94. The number of aromatic hydroxyl groups is 1. The van der Waals surface area contributed by atoms with Crippen LogP contribution in [0.1, 0.15) is 30.1 Å². The van der Waals surface area contributed by atoms with E-state index >= 15 is 0 Å². The SMILES string of the molecule is CC1CCC(CNC(=O)c2ccc(O)cc2)CN1. The summed E-state index contributed by atoms with van der Waals surface area (Å²) in [5.41, 5.74) is 0.588. The Bertz CT molecular complexity index is 395. The van der Waals surface area contributed by atoms with Crippen molar-refractivity contribution in [3.63, 3.8) is 0 Å². The number of phenols is 1. The molecule has 1 aliphatic heterocycles. The summed E-state index contributed by atoms with van der Waals surface area (Å²) in [6.45, 7) is 3.86. The average Bonchev–Trinajstić information content (AvgIpc) is 2.38. The third-order valence-corrected chi connectivity index (χ3v) is 3.44. The molecule has 1 aliphatic rings. The summed E-state index contributed by atoms with van der Waals surface area (Å²) in [6.07, 6.45) is 2.32. The van der Waals surface area contributed by atoms with Gasteiger partial charge in [0.05, 0.1) is 0 Å². The molecule has 2 rings (SSSR count). The minimum Gasteiger partial charge on any atom is -0.508 e. The fourth-order valence-electron chi connectivity index (χ4n) is 2.18. The van der Waals surface area contributed by atoms with Gasteiger partial charge in [-0.15, -0.1) is 0 Å². The molecule has 1 saturated heterocycles. The lowest BCUT2D eigenvalue weighted by atomic mass is 9.95. The van der Waals surface area contributed by atoms with E-state index in [2.05, 4.69) is 17.6 Å². The minimum atomic E-state index is -0.0754. The first-order valence-electron chi connectivity index (χ1n) is 6.46. The molecular weight excluding hydrogens is 228 g/mol. The maximum absolute atomic E-state index is 11.8. The van der Waals surface area contributed by atoms with Gasteiger partial charge in [0.15, 0.2) is 0 Å². The van der Waals surface area contributed by atoms with Crippen molar-refractivity contribution in [2.24, 2.45) is 5.92 Å². The molecule has 0 spiro atoms. The zero-order valence-corrected chi connectivity index (χ0v) is 10.6. The molecule has 0 aliphatic carbocycles. The zero-order valence-electron chi connectivity index (χ0n) is 10.6. The molecule has 18 heavy (non-hydrogen) atoms. The van der Waals surface area contributed by atoms with Crippen LogP contribution in [-0.2, 0) is 0 Å². The van der Waals surface area contributed by atoms with Crippen molar-refractivity contribution in [1.29, 1.82) is 0 Å². The first-order valence-corrected chi connectivity index (χ1v) is 6.46. The van der Waals surface area contributed by atoms with Gasteiger partial charge < -0.3 is 15.7 Å². The van der Waals surface area contributed by atoms with Gasteiger partial charge in [0.2, 0.25) is 0 Å². The second-order valence-electron chi connectivity index (χ2n) is 5.01. The van der Waals surface area contributed by atoms with Crippen LogP contribution in [0.5, 0.6) is 5.75 Å². The van der Waals surface area contributed by atoms with Crippen LogP contribution in [0.2, 0.25) is 0 Å². The maximum Gasteiger partial charge on any atom is 0.251 e. The average molecular weight is 248 g/mol. The molecule has 0 aromatic heterocycles. The van der Waals surface area contributed by atoms with Crippen LogP contribution in [0.3, 0.4) is 0 Å². The molecule has 1 aromatic carbocycles. The summed E-state index contributed by atoms with van der Waals surface area (Å²) in [7, 11) is 0. The Morgan fingerprint density at radius 1 is 1.39 bits per heavy atom. The molecule has 1 aromatic rings. The smallest absolute Gasteiger partial charge is 0.251 e. The lowest BCUT2D eigenvalue weighted by Crippen LogP contribution is -2.41. The molecule has 3 N–H and O–H groups in total. The van der Waals surface area contributed by atoms with E-state index in [0.717, 1.165) is 13.0 Å². The molecule has 1 fully saturated rings. The highest BCUT2D eigenvalue weighted by Crippen LogP contribution is 2.13. The van der Waals surface area contributed by atoms with Crippen molar-refractivity contribution in [2.75, 3.05) is 13.1 Å². The predicted octanol–water partition coefficient (Wildman–Crippen LogP) is 1.51. The number of amides is 1. The predicted molar refractivity (Wildman–Crippen MR) is 70.6 cm³/mol. The Labute approximate surface area is 107 Å². The molecule has 0 saturated carbocycles. The van der Waals surface area contributed by atoms with E-state index in [1.165, 1.54) is 18.6 Å². The fourth-order valence-corrected chi connectivity index (χ4v) is 2.18. The number of benzene rings is 1. The standard InChI is InChI=1S/C14H20N2O2/c1-10-2-3-11(8-15-10)9-16-14(18)12-4-6-13(17)7-5-12/h4-7,10-11,15,17H,2-3,8-9H2,1H3,(H,16,18). The Balaban J connectivity index is 1.79. The highest BCUT2D eigenvalue weighted by Gasteiger charge is 2.18. The molecule has 98 valence electrons. The second kappa shape index (κ2) is 5.87. The number of phenolic OH excluding ortho intramolecular Hbond substituents is 1. The first kappa shape index (κ1) is 12.9. The number of carbonyl (C=O) groups excluding carboxylic acids is 1. The Hall–Kier alpha value is -1.55. The van der Waals surface area contributed by atoms with Gasteiger partial charge in [-0.25, -0.2) is 0 Å². The number of rotatable bonds is 3. The van der Waals surface area contributed by atoms with Gasteiger partial charge >= 0.3 is 0 Å². The van der Waals surface area contributed by atoms with Crippen molar-refractivity contribution in [1.82, 2.24) is 10.6 Å². The Morgan fingerprint density at radius 3 is 2.72 bits per heavy atom. The van der Waals surface area contributed by atoms with E-state index in [1.807, 2.05) is 0 Å². The molecule has 4 nitrogen and oxygen atoms in total. The van der Waals surface area contributed by atoms with Crippen LogP contribution in [0.15, 0.2) is 24.3 Å². The van der Waals surface area contributed by atoms with Crippen LogP contribution in [-0.4, -0.2) is 30.1 Å². The van der Waals surface area contributed by atoms with E-state index in [0.29, 0.717) is 24.1 Å². The van der Waals surface area contributed by atoms with Crippen LogP contribution in [0, 0.1) is 5.92 Å². The van der Waals surface area contributed by atoms with E-state index in [4.69, 9.17) is 5.11 Å². The number of piperidine rings is 1. The second-order valence-corrected chi connectivity index (χ2v) is 5.01. The Morgan fingerprint density at radius 2 is 2.11 bits per heavy atom. The highest BCUT2D eigenvalue weighted by atomic mass is 16.3. The summed E-state index contributed by atoms with van der Waals surface area (Å²) < 4.78 is 0. The molecule has 2 atom stereocenters. The van der Waals surface area contributed by atoms with Crippen LogP contribution < -0.4 is 10.6 Å². The normalized spacial score (nSPS) is 23.6. The largest absolute Gasteiger partial charge is 0.508 e. The van der Waals surface area contributed by atoms with E-state index in [9.17, 15) is 4.79 Å². The van der Waals surface area contributed by atoms with Crippen molar-refractivity contribution in [3.05, 3.63) is 29.8 Å². The number of nitrogens with one attached hydrogen (secondary N) is 2. The third-order valence-electron chi connectivity index (χ3n) is 3.44. The van der Waals surface area contributed by atoms with Crippen LogP contribution in [0.4, 0.5) is 0 Å². The summed E-state index contributed by atoms with van der Waals surface area (Å²) in [6, 6.07) is 6.91. The number of carbonyl (C=O) groups is 1. The molecule has 0 radical (unpaired) electrons. The van der Waals surface area contributed by atoms with E-state index in [-0.39, 0.29) is 11.7 Å². The lowest BCUT2D eigenvalue weighted by molar-refractivity contribution is 0.0944. The number of hydrogen-bond acceptors (Lipinski definition) is 3. The molecule has 1 heterocycles. The van der Waals surface area contributed by atoms with E-state index in [1.54, 1.807) is 12.1 Å². The lowest BCUT2D eigenvalue weighted by Gasteiger charge is -2.27. The van der Waals surface area contributed by atoms with Crippen molar-refractivity contribution >= 4 is 5.91 Å². The summed E-state index contributed by atoms with van der Waals surface area (Å²) >= 11 is 0. The maximum atomic E-state index is 11.8. The van der Waals surface area contributed by atoms with Gasteiger partial charge in [-0.05, 0) is 56.5 Å². The van der Waals surface area contributed by atoms with Gasteiger partial charge in [-0.3, -0.25) is 4.79 Å². The monoisotopic (exact) mass is 248 g/mol. The molecule has 0 bridgehead atoms. The van der Waals surface area contributed by atoms with Crippen molar-refractivity contribution in [2.45, 2.75) is 25.8 Å². The molecular formula is C14H20N2O2. The van der Waals surface area contributed by atoms with E-state index < -0.39 is 0 Å². The van der Waals surface area contributed by atoms with Crippen LogP contribution >= 0.6 is 0 Å². The molecule has 2 unspecified atom stereocenters. The fraction of sp³-hybridized carbons (Fsp3) is 0.500. The quantitative estimate of drug-likeness (QED) is 0.760. The first-order chi connectivity index (χ1) is 8.65. The topological polar surface area (TPSA) is 61.4 Å². The third kappa shape index (κ3) is 3.47. The summed E-state index contributed by atoms with van der Waals surface area (Å²) in [5, 5.41) is 15.5.